The average Bonchev–Trinajstić information content (AvgIpc) is 3.95. The Balaban J connectivity index is 1.19. The number of benzene rings is 7. The number of nitrogens with zero attached hydrogens (tertiary/aromatic N) is 3. The van der Waals surface area contributed by atoms with Gasteiger partial charge in [0.1, 0.15) is 30.4 Å². The summed E-state index contributed by atoms with van der Waals surface area (Å²) < 4.78 is 15.7. The van der Waals surface area contributed by atoms with Crippen molar-refractivity contribution in [3.8, 4) is 45.3 Å². The molecule has 1 aliphatic rings. The van der Waals surface area contributed by atoms with E-state index in [0.717, 1.165) is 66.0 Å². The molecular weight excluding hydrogens is 699 g/mol. The fraction of sp³-hybridized carbons (Fsp3) is 0.0426. The second kappa shape index (κ2) is 10.8. The molecule has 0 aliphatic carbocycles. The standard InChI is InChI=1S/C47H29N3O2SSi/c1-54(2)39-21-10-6-15-31(39)43-40(54)25-33(42-29-13-4-8-18-35(29)52-44(42)43)47-49-45(26-22-23-28-27-12-3-7-17-34(27)51-36(28)24-26)48-46(50-47)32-16-11-20-38-41(32)30-14-5-9-19-37(30)53-38/h3-25H,1-2H3. The molecule has 11 aromatic rings. The Morgan fingerprint density at radius 1 is 0.463 bits per heavy atom. The Kier molecular flexibility index (Phi) is 6.03. The molecule has 0 atom stereocenters. The Bertz CT molecular complexity index is 3390. The lowest BCUT2D eigenvalue weighted by Crippen LogP contribution is -2.49. The molecular formula is C47H29N3O2SSi. The monoisotopic (exact) mass is 727 g/mol. The predicted octanol–water partition coefficient (Wildman–Crippen LogP) is 11.8. The largest absolute Gasteiger partial charge is 0.456 e. The van der Waals surface area contributed by atoms with Gasteiger partial charge in [0, 0.05) is 64.0 Å². The molecule has 1 aliphatic heterocycles. The van der Waals surface area contributed by atoms with Crippen molar-refractivity contribution in [3.05, 3.63) is 140 Å². The van der Waals surface area contributed by atoms with Crippen LogP contribution in [0, 0.1) is 0 Å². The molecule has 7 heteroatoms. The lowest BCUT2D eigenvalue weighted by molar-refractivity contribution is 0.669. The van der Waals surface area contributed by atoms with Crippen LogP contribution in [0.5, 0.6) is 0 Å². The lowest BCUT2D eigenvalue weighted by Gasteiger charge is -2.19. The highest BCUT2D eigenvalue weighted by molar-refractivity contribution is 7.25. The minimum Gasteiger partial charge on any atom is -0.456 e. The van der Waals surface area contributed by atoms with Crippen molar-refractivity contribution in [1.82, 2.24) is 15.0 Å². The van der Waals surface area contributed by atoms with Crippen LogP contribution in [0.1, 0.15) is 0 Å². The smallest absolute Gasteiger partial charge is 0.164 e. The van der Waals surface area contributed by atoms with E-state index in [-0.39, 0.29) is 0 Å². The molecule has 5 heterocycles. The normalized spacial score (nSPS) is 13.5. The van der Waals surface area contributed by atoms with Gasteiger partial charge >= 0.3 is 0 Å². The lowest BCUT2D eigenvalue weighted by atomic mass is 9.98. The molecule has 0 radical (unpaired) electrons. The van der Waals surface area contributed by atoms with Gasteiger partial charge < -0.3 is 8.83 Å². The molecule has 0 spiro atoms. The van der Waals surface area contributed by atoms with Crippen molar-refractivity contribution in [2.45, 2.75) is 13.1 Å². The van der Waals surface area contributed by atoms with E-state index in [1.165, 1.54) is 36.3 Å². The van der Waals surface area contributed by atoms with E-state index in [4.69, 9.17) is 23.8 Å². The molecule has 4 aromatic heterocycles. The van der Waals surface area contributed by atoms with E-state index in [1.807, 2.05) is 24.3 Å². The van der Waals surface area contributed by atoms with Crippen molar-refractivity contribution < 1.29 is 8.83 Å². The molecule has 7 aromatic carbocycles. The van der Waals surface area contributed by atoms with Crippen LogP contribution in [0.3, 0.4) is 0 Å². The van der Waals surface area contributed by atoms with Gasteiger partial charge in [-0.25, -0.2) is 15.0 Å². The third-order valence-electron chi connectivity index (χ3n) is 11.3. The first-order valence-corrected chi connectivity index (χ1v) is 22.0. The number of furan rings is 2. The molecule has 0 amide bonds. The van der Waals surface area contributed by atoms with Crippen molar-refractivity contribution in [3.63, 3.8) is 0 Å². The van der Waals surface area contributed by atoms with Gasteiger partial charge in [-0.15, -0.1) is 11.3 Å². The molecule has 0 fully saturated rings. The summed E-state index contributed by atoms with van der Waals surface area (Å²) in [7, 11) is -2.11. The molecule has 12 rings (SSSR count). The number of thiophene rings is 1. The number of hydrogen-bond acceptors (Lipinski definition) is 6. The second-order valence-electron chi connectivity index (χ2n) is 14.7. The Labute approximate surface area is 314 Å². The first kappa shape index (κ1) is 30.1. The van der Waals surface area contributed by atoms with Gasteiger partial charge in [-0.3, -0.25) is 0 Å². The molecule has 0 saturated carbocycles. The molecule has 0 N–H and O–H groups in total. The highest BCUT2D eigenvalue weighted by atomic mass is 32.1. The van der Waals surface area contributed by atoms with Gasteiger partial charge in [-0.2, -0.15) is 0 Å². The third-order valence-corrected chi connectivity index (χ3v) is 16.0. The topological polar surface area (TPSA) is 65.0 Å². The zero-order chi connectivity index (χ0) is 35.7. The van der Waals surface area contributed by atoms with Gasteiger partial charge in [0.25, 0.3) is 0 Å². The number of hydrogen-bond donors (Lipinski definition) is 0. The van der Waals surface area contributed by atoms with Crippen LogP contribution < -0.4 is 10.4 Å². The van der Waals surface area contributed by atoms with E-state index in [0.29, 0.717) is 17.5 Å². The van der Waals surface area contributed by atoms with Crippen LogP contribution in [0.4, 0.5) is 0 Å². The van der Waals surface area contributed by atoms with Crippen molar-refractivity contribution >= 4 is 93.8 Å². The summed E-state index contributed by atoms with van der Waals surface area (Å²) in [6.45, 7) is 4.87. The summed E-state index contributed by atoms with van der Waals surface area (Å²) in [5.41, 5.74) is 8.69. The second-order valence-corrected chi connectivity index (χ2v) is 20.1. The van der Waals surface area contributed by atoms with Gasteiger partial charge in [0.05, 0.1) is 0 Å². The number of fused-ring (bicyclic) bond motifs is 13. The van der Waals surface area contributed by atoms with Crippen molar-refractivity contribution in [2.75, 3.05) is 0 Å². The minimum absolute atomic E-state index is 0.593. The van der Waals surface area contributed by atoms with Crippen LogP contribution in [0.15, 0.2) is 148 Å². The van der Waals surface area contributed by atoms with E-state index in [1.54, 1.807) is 11.3 Å². The molecule has 5 nitrogen and oxygen atoms in total. The zero-order valence-electron chi connectivity index (χ0n) is 29.3. The van der Waals surface area contributed by atoms with Crippen LogP contribution in [-0.4, -0.2) is 23.0 Å². The number of para-hydroxylation sites is 2. The zero-order valence-corrected chi connectivity index (χ0v) is 31.2. The summed E-state index contributed by atoms with van der Waals surface area (Å²) >= 11 is 1.80. The van der Waals surface area contributed by atoms with Gasteiger partial charge in [-0.1, -0.05) is 110 Å². The van der Waals surface area contributed by atoms with Crippen LogP contribution in [-0.2, 0) is 0 Å². The first-order chi connectivity index (χ1) is 26.5. The average molecular weight is 728 g/mol. The van der Waals surface area contributed by atoms with Crippen molar-refractivity contribution in [1.29, 1.82) is 0 Å². The van der Waals surface area contributed by atoms with Crippen molar-refractivity contribution in [2.24, 2.45) is 0 Å². The molecule has 54 heavy (non-hydrogen) atoms. The molecule has 254 valence electrons. The van der Waals surface area contributed by atoms with E-state index in [2.05, 4.69) is 128 Å². The van der Waals surface area contributed by atoms with Crippen LogP contribution in [0.25, 0.3) is 109 Å². The molecule has 0 unspecified atom stereocenters. The van der Waals surface area contributed by atoms with E-state index in [9.17, 15) is 0 Å². The fourth-order valence-electron chi connectivity index (χ4n) is 8.80. The quantitative estimate of drug-likeness (QED) is 0.170. The summed E-state index contributed by atoms with van der Waals surface area (Å²) in [4.78, 5) is 16.1. The van der Waals surface area contributed by atoms with Crippen LogP contribution >= 0.6 is 11.3 Å². The highest BCUT2D eigenvalue weighted by Gasteiger charge is 2.40. The Hall–Kier alpha value is -6.41. The van der Waals surface area contributed by atoms with Gasteiger partial charge in [0.2, 0.25) is 0 Å². The SMILES string of the molecule is C[Si]1(C)c2ccccc2-c2c1cc(-c1nc(-c3ccc4c(c3)oc3ccccc34)nc(-c3cccc4sc5ccccc5c34)n1)c1c2oc2ccccc21. The summed E-state index contributed by atoms with van der Waals surface area (Å²) in [6, 6.07) is 49.0. The maximum Gasteiger partial charge on any atom is 0.164 e. The van der Waals surface area contributed by atoms with E-state index >= 15 is 0 Å². The Morgan fingerprint density at radius 3 is 1.98 bits per heavy atom. The van der Waals surface area contributed by atoms with Gasteiger partial charge in [0.15, 0.2) is 17.5 Å². The summed E-state index contributed by atoms with van der Waals surface area (Å²) in [5.74, 6) is 1.85. The van der Waals surface area contributed by atoms with E-state index < -0.39 is 8.07 Å². The fourth-order valence-corrected chi connectivity index (χ4v) is 13.0. The summed E-state index contributed by atoms with van der Waals surface area (Å²) in [6.07, 6.45) is 0. The predicted molar refractivity (Wildman–Crippen MR) is 226 cm³/mol. The molecule has 0 saturated heterocycles. The number of rotatable bonds is 3. The Morgan fingerprint density at radius 2 is 1.11 bits per heavy atom. The minimum atomic E-state index is -2.11. The first-order valence-electron chi connectivity index (χ1n) is 18.2. The summed E-state index contributed by atoms with van der Waals surface area (Å²) in [5, 5.41) is 9.35. The maximum atomic E-state index is 6.85. The number of aromatic nitrogens is 3. The van der Waals surface area contributed by atoms with Crippen LogP contribution in [0.2, 0.25) is 13.1 Å². The van der Waals surface area contributed by atoms with Gasteiger partial charge in [-0.05, 0) is 58.4 Å². The maximum absolute atomic E-state index is 6.85. The third kappa shape index (κ3) is 4.10. The molecule has 0 bridgehead atoms. The highest BCUT2D eigenvalue weighted by Crippen LogP contribution is 2.45.